The lowest BCUT2D eigenvalue weighted by atomic mass is 9.71. The summed E-state index contributed by atoms with van der Waals surface area (Å²) in [6.07, 6.45) is 15.9. The summed E-state index contributed by atoms with van der Waals surface area (Å²) in [7, 11) is 0. The molecule has 8 aromatic carbocycles. The van der Waals surface area contributed by atoms with Crippen molar-refractivity contribution >= 4 is 43.7 Å². The van der Waals surface area contributed by atoms with Crippen LogP contribution in [0.4, 0.5) is 11.4 Å². The van der Waals surface area contributed by atoms with Crippen molar-refractivity contribution in [2.45, 2.75) is 56.4 Å². The predicted molar refractivity (Wildman–Crippen MR) is 240 cm³/mol. The number of rotatable bonds is 7. The number of para-hydroxylation sites is 2. The van der Waals surface area contributed by atoms with Crippen LogP contribution in [-0.2, 0) is 5.41 Å². The minimum absolute atomic E-state index is 0.0524. The van der Waals surface area contributed by atoms with Crippen LogP contribution in [0.1, 0.15) is 56.1 Å². The fourth-order valence-corrected chi connectivity index (χ4v) is 10.1. The molecule has 0 radical (unpaired) electrons. The topological polar surface area (TPSA) is 3.24 Å². The summed E-state index contributed by atoms with van der Waals surface area (Å²) in [6, 6.07) is 63.4. The van der Waals surface area contributed by atoms with Crippen molar-refractivity contribution in [2.75, 3.05) is 4.90 Å². The zero-order chi connectivity index (χ0) is 37.5. The number of anilines is 2. The summed E-state index contributed by atoms with van der Waals surface area (Å²) >= 11 is 0. The third kappa shape index (κ3) is 5.85. The van der Waals surface area contributed by atoms with Crippen LogP contribution in [0, 0.1) is 0 Å². The SMILES string of the molecule is CC1(c2cccc3ccccc23)C=CC=CC1N(c1ccccc1-c1cccc2ccccc12)c1ccccc1-c1cccc2cccc(C3CCCCC3)c12. The quantitative estimate of drug-likeness (QED) is 0.158. The van der Waals surface area contributed by atoms with Gasteiger partial charge >= 0.3 is 0 Å². The molecule has 8 aromatic rings. The van der Waals surface area contributed by atoms with Gasteiger partial charge in [-0.2, -0.15) is 0 Å². The second-order valence-corrected chi connectivity index (χ2v) is 16.0. The van der Waals surface area contributed by atoms with Crippen LogP contribution in [-0.4, -0.2) is 6.04 Å². The average molecular weight is 722 g/mol. The smallest absolute Gasteiger partial charge is 0.0654 e. The van der Waals surface area contributed by atoms with Gasteiger partial charge < -0.3 is 4.90 Å². The van der Waals surface area contributed by atoms with E-state index in [-0.39, 0.29) is 11.5 Å². The van der Waals surface area contributed by atoms with E-state index in [0.717, 1.165) is 0 Å². The second-order valence-electron chi connectivity index (χ2n) is 16.0. The first kappa shape index (κ1) is 34.3. The summed E-state index contributed by atoms with van der Waals surface area (Å²) < 4.78 is 0. The van der Waals surface area contributed by atoms with Gasteiger partial charge in [0.1, 0.15) is 0 Å². The maximum atomic E-state index is 2.68. The molecule has 2 atom stereocenters. The fourth-order valence-electron chi connectivity index (χ4n) is 10.1. The number of allylic oxidation sites excluding steroid dienone is 2. The van der Waals surface area contributed by atoms with Gasteiger partial charge in [0.15, 0.2) is 0 Å². The normalized spacial score (nSPS) is 18.5. The molecule has 0 saturated heterocycles. The zero-order valence-corrected chi connectivity index (χ0v) is 32.1. The van der Waals surface area contributed by atoms with Crippen LogP contribution < -0.4 is 4.90 Å². The van der Waals surface area contributed by atoms with Gasteiger partial charge in [-0.05, 0) is 92.4 Å². The first-order valence-corrected chi connectivity index (χ1v) is 20.5. The molecule has 2 aliphatic carbocycles. The van der Waals surface area contributed by atoms with E-state index < -0.39 is 0 Å². The number of benzene rings is 8. The molecule has 0 bridgehead atoms. The van der Waals surface area contributed by atoms with Crippen molar-refractivity contribution in [1.82, 2.24) is 0 Å². The van der Waals surface area contributed by atoms with Crippen LogP contribution in [0.2, 0.25) is 0 Å². The Morgan fingerprint density at radius 3 is 1.75 bits per heavy atom. The van der Waals surface area contributed by atoms with Crippen LogP contribution in [0.25, 0.3) is 54.6 Å². The number of fused-ring (bicyclic) bond motifs is 3. The van der Waals surface area contributed by atoms with Crippen molar-refractivity contribution in [1.29, 1.82) is 0 Å². The molecule has 2 aliphatic rings. The van der Waals surface area contributed by atoms with Crippen molar-refractivity contribution in [2.24, 2.45) is 0 Å². The molecular weight excluding hydrogens is 675 g/mol. The molecule has 0 heterocycles. The summed E-state index contributed by atoms with van der Waals surface area (Å²) in [6.45, 7) is 2.44. The highest BCUT2D eigenvalue weighted by Crippen LogP contribution is 2.50. The van der Waals surface area contributed by atoms with E-state index in [9.17, 15) is 0 Å². The molecule has 56 heavy (non-hydrogen) atoms. The van der Waals surface area contributed by atoms with E-state index in [0.29, 0.717) is 5.92 Å². The zero-order valence-electron chi connectivity index (χ0n) is 32.1. The minimum Gasteiger partial charge on any atom is -0.332 e. The molecule has 2 unspecified atom stereocenters. The van der Waals surface area contributed by atoms with Gasteiger partial charge in [-0.1, -0.05) is 201 Å². The van der Waals surface area contributed by atoms with E-state index in [1.165, 1.54) is 109 Å². The Morgan fingerprint density at radius 1 is 0.464 bits per heavy atom. The Hall–Kier alpha value is -6.18. The molecule has 0 aliphatic heterocycles. The van der Waals surface area contributed by atoms with Crippen molar-refractivity contribution < 1.29 is 0 Å². The molecular formula is C55H47N. The molecule has 1 saturated carbocycles. The lowest BCUT2D eigenvalue weighted by Crippen LogP contribution is -2.46. The van der Waals surface area contributed by atoms with E-state index in [1.54, 1.807) is 0 Å². The van der Waals surface area contributed by atoms with Crippen LogP contribution >= 0.6 is 0 Å². The maximum Gasteiger partial charge on any atom is 0.0654 e. The fraction of sp³-hybridized carbons (Fsp3) is 0.164. The van der Waals surface area contributed by atoms with Gasteiger partial charge in [0.25, 0.3) is 0 Å². The summed E-state index contributed by atoms with van der Waals surface area (Å²) in [5.41, 5.74) is 9.92. The first-order chi connectivity index (χ1) is 27.7. The Bertz CT molecular complexity index is 2760. The lowest BCUT2D eigenvalue weighted by Gasteiger charge is -2.45. The van der Waals surface area contributed by atoms with Crippen molar-refractivity contribution in [3.05, 3.63) is 205 Å². The molecule has 0 spiro atoms. The number of hydrogen-bond donors (Lipinski definition) is 0. The lowest BCUT2D eigenvalue weighted by molar-refractivity contribution is 0.445. The van der Waals surface area contributed by atoms with Crippen LogP contribution in [0.3, 0.4) is 0 Å². The minimum atomic E-state index is -0.374. The third-order valence-electron chi connectivity index (χ3n) is 12.8. The summed E-state index contributed by atoms with van der Waals surface area (Å²) in [4.78, 5) is 2.68. The highest BCUT2D eigenvalue weighted by Gasteiger charge is 2.40. The molecule has 1 fully saturated rings. The molecule has 1 nitrogen and oxygen atoms in total. The molecule has 0 aromatic heterocycles. The largest absolute Gasteiger partial charge is 0.332 e. The van der Waals surface area contributed by atoms with Gasteiger partial charge in [0, 0.05) is 27.9 Å². The highest BCUT2D eigenvalue weighted by atomic mass is 15.2. The monoisotopic (exact) mass is 721 g/mol. The Balaban J connectivity index is 1.26. The third-order valence-corrected chi connectivity index (χ3v) is 12.8. The Labute approximate surface area is 331 Å². The van der Waals surface area contributed by atoms with Crippen molar-refractivity contribution in [3.8, 4) is 22.3 Å². The second kappa shape index (κ2) is 14.5. The molecule has 272 valence electrons. The molecule has 0 N–H and O–H groups in total. The number of nitrogens with zero attached hydrogens (tertiary/aromatic N) is 1. The van der Waals surface area contributed by atoms with Crippen molar-refractivity contribution in [3.63, 3.8) is 0 Å². The van der Waals surface area contributed by atoms with Crippen LogP contribution in [0.5, 0.6) is 0 Å². The summed E-state index contributed by atoms with van der Waals surface area (Å²) in [5, 5.41) is 7.81. The standard InChI is InChI=1S/C55H47N/c1-55(50-34-18-24-40-22-6-8-28-44(40)50)38-14-13-37-53(55)56(51-35-11-9-29-47(51)46-32-15-23-39-21-5-7-27-43(39)46)52-36-12-10-30-48(52)49-33-17-26-42-25-16-31-45(54(42)49)41-19-3-2-4-20-41/h5-18,21-38,41,53H,2-4,19-20H2,1H3. The predicted octanol–water partition coefficient (Wildman–Crippen LogP) is 15.1. The molecule has 1 heteroatoms. The van der Waals surface area contributed by atoms with Gasteiger partial charge in [0.05, 0.1) is 6.04 Å². The van der Waals surface area contributed by atoms with Crippen LogP contribution in [0.15, 0.2) is 194 Å². The Morgan fingerprint density at radius 2 is 1.00 bits per heavy atom. The van der Waals surface area contributed by atoms with Gasteiger partial charge in [0.2, 0.25) is 0 Å². The van der Waals surface area contributed by atoms with Gasteiger partial charge in [-0.3, -0.25) is 0 Å². The maximum absolute atomic E-state index is 2.68. The van der Waals surface area contributed by atoms with E-state index in [4.69, 9.17) is 0 Å². The van der Waals surface area contributed by atoms with E-state index in [1.807, 2.05) is 0 Å². The van der Waals surface area contributed by atoms with Gasteiger partial charge in [-0.25, -0.2) is 0 Å². The van der Waals surface area contributed by atoms with Gasteiger partial charge in [-0.15, -0.1) is 0 Å². The molecule has 10 rings (SSSR count). The highest BCUT2D eigenvalue weighted by molar-refractivity contribution is 6.05. The average Bonchev–Trinajstić information content (AvgIpc) is 3.27. The van der Waals surface area contributed by atoms with E-state index in [2.05, 4.69) is 206 Å². The molecule has 0 amide bonds. The first-order valence-electron chi connectivity index (χ1n) is 20.5. The van der Waals surface area contributed by atoms with E-state index >= 15 is 0 Å². The summed E-state index contributed by atoms with van der Waals surface area (Å²) in [5.74, 6) is 0.588. The Kier molecular flexibility index (Phi) is 8.87. The number of hydrogen-bond acceptors (Lipinski definition) is 1.